The number of hydrogen-bond donors (Lipinski definition) is 0. The van der Waals surface area contributed by atoms with E-state index < -0.39 is 9.84 Å². The van der Waals surface area contributed by atoms with Gasteiger partial charge in [0.2, 0.25) is 5.78 Å². The molecular formula is C19H17N3O3S2. The maximum atomic E-state index is 12.8. The topological polar surface area (TPSA) is 80.2 Å². The standard InChI is InChI=1S/C19H17N3O3S2/c1-27(24,25)15-6-2-4-13(10-15)18(23)17-11-21-19(26-17)22-9-7-16-14(12-22)5-3-8-20-16/h2-6,8,10-11H,7,9,12H2,1H3. The number of benzene rings is 1. The molecule has 0 fully saturated rings. The number of carbonyl (C=O) groups excluding carboxylic acids is 1. The van der Waals surface area contributed by atoms with Gasteiger partial charge in [0.15, 0.2) is 15.0 Å². The normalized spacial score (nSPS) is 14.0. The van der Waals surface area contributed by atoms with Gasteiger partial charge in [-0.1, -0.05) is 29.5 Å². The van der Waals surface area contributed by atoms with Crippen LogP contribution >= 0.6 is 11.3 Å². The molecule has 27 heavy (non-hydrogen) atoms. The Kier molecular flexibility index (Phi) is 4.53. The third-order valence-corrected chi connectivity index (χ3v) is 6.64. The van der Waals surface area contributed by atoms with Gasteiger partial charge in [-0.2, -0.15) is 0 Å². The molecule has 1 aromatic carbocycles. The maximum Gasteiger partial charge on any atom is 0.204 e. The molecule has 6 nitrogen and oxygen atoms in total. The molecule has 2 aromatic heterocycles. The second-order valence-corrected chi connectivity index (χ2v) is 9.44. The molecule has 0 amide bonds. The lowest BCUT2D eigenvalue weighted by Crippen LogP contribution is -2.30. The fourth-order valence-corrected chi connectivity index (χ4v) is 4.63. The van der Waals surface area contributed by atoms with E-state index in [1.54, 1.807) is 24.5 Å². The largest absolute Gasteiger partial charge is 0.343 e. The van der Waals surface area contributed by atoms with Gasteiger partial charge in [-0.25, -0.2) is 13.4 Å². The first-order valence-electron chi connectivity index (χ1n) is 8.40. The fraction of sp³-hybridized carbons (Fsp3) is 0.211. The molecule has 4 rings (SSSR count). The Morgan fingerprint density at radius 1 is 1.19 bits per heavy atom. The summed E-state index contributed by atoms with van der Waals surface area (Å²) in [5.74, 6) is -0.219. The van der Waals surface area contributed by atoms with E-state index >= 15 is 0 Å². The molecule has 138 valence electrons. The van der Waals surface area contributed by atoms with Crippen LogP contribution in [0.3, 0.4) is 0 Å². The Labute approximate surface area is 161 Å². The van der Waals surface area contributed by atoms with Gasteiger partial charge >= 0.3 is 0 Å². The van der Waals surface area contributed by atoms with Gasteiger partial charge in [-0.15, -0.1) is 0 Å². The SMILES string of the molecule is CS(=O)(=O)c1cccc(C(=O)c2cnc(N3CCc4ncccc4C3)s2)c1. The van der Waals surface area contributed by atoms with Crippen LogP contribution in [0.15, 0.2) is 53.7 Å². The first-order valence-corrected chi connectivity index (χ1v) is 11.1. The molecule has 3 heterocycles. The number of nitrogens with zero attached hydrogens (tertiary/aromatic N) is 3. The average molecular weight is 399 g/mol. The van der Waals surface area contributed by atoms with Crippen molar-refractivity contribution >= 4 is 32.1 Å². The molecule has 0 atom stereocenters. The maximum absolute atomic E-state index is 12.8. The molecule has 0 N–H and O–H groups in total. The zero-order valence-corrected chi connectivity index (χ0v) is 16.3. The van der Waals surface area contributed by atoms with E-state index in [2.05, 4.69) is 20.9 Å². The molecule has 0 radical (unpaired) electrons. The van der Waals surface area contributed by atoms with Crippen LogP contribution in [0.25, 0.3) is 0 Å². The number of sulfone groups is 1. The number of aromatic nitrogens is 2. The predicted octanol–water partition coefficient (Wildman–Crippen LogP) is 2.74. The summed E-state index contributed by atoms with van der Waals surface area (Å²) in [6.07, 6.45) is 5.34. The van der Waals surface area contributed by atoms with E-state index in [-0.39, 0.29) is 10.7 Å². The lowest BCUT2D eigenvalue weighted by atomic mass is 10.1. The lowest BCUT2D eigenvalue weighted by Gasteiger charge is -2.27. The molecule has 0 unspecified atom stereocenters. The molecule has 0 aliphatic carbocycles. The summed E-state index contributed by atoms with van der Waals surface area (Å²) in [6.45, 7) is 1.52. The Hall–Kier alpha value is -2.58. The lowest BCUT2D eigenvalue weighted by molar-refractivity contribution is 0.104. The minimum Gasteiger partial charge on any atom is -0.343 e. The molecule has 0 spiro atoms. The predicted molar refractivity (Wildman–Crippen MR) is 104 cm³/mol. The van der Waals surface area contributed by atoms with Gasteiger partial charge < -0.3 is 4.90 Å². The summed E-state index contributed by atoms with van der Waals surface area (Å²) < 4.78 is 23.4. The average Bonchev–Trinajstić information content (AvgIpc) is 3.16. The van der Waals surface area contributed by atoms with Crippen molar-refractivity contribution in [1.29, 1.82) is 0 Å². The number of anilines is 1. The van der Waals surface area contributed by atoms with Crippen LogP contribution in [-0.2, 0) is 22.8 Å². The van der Waals surface area contributed by atoms with Crippen molar-refractivity contribution in [2.24, 2.45) is 0 Å². The van der Waals surface area contributed by atoms with Crippen LogP contribution < -0.4 is 4.90 Å². The van der Waals surface area contributed by atoms with Gasteiger partial charge in [-0.3, -0.25) is 9.78 Å². The summed E-state index contributed by atoms with van der Waals surface area (Å²) in [5.41, 5.74) is 2.63. The van der Waals surface area contributed by atoms with Crippen LogP contribution in [0.4, 0.5) is 5.13 Å². The first kappa shape index (κ1) is 17.8. The summed E-state index contributed by atoms with van der Waals surface area (Å²) in [6, 6.07) is 10.1. The van der Waals surface area contributed by atoms with Crippen molar-refractivity contribution in [2.75, 3.05) is 17.7 Å². The van der Waals surface area contributed by atoms with Crippen LogP contribution in [0.1, 0.15) is 26.5 Å². The number of ketones is 1. The van der Waals surface area contributed by atoms with Crippen LogP contribution in [-0.4, -0.2) is 37.0 Å². The summed E-state index contributed by atoms with van der Waals surface area (Å²) >= 11 is 1.33. The van der Waals surface area contributed by atoms with Crippen LogP contribution in [0, 0.1) is 0 Å². The van der Waals surface area contributed by atoms with E-state index in [9.17, 15) is 13.2 Å². The first-order chi connectivity index (χ1) is 12.9. The number of carbonyl (C=O) groups is 1. The third kappa shape index (κ3) is 3.63. The third-order valence-electron chi connectivity index (χ3n) is 4.48. The molecule has 8 heteroatoms. The minimum atomic E-state index is -3.36. The van der Waals surface area contributed by atoms with Crippen molar-refractivity contribution in [2.45, 2.75) is 17.9 Å². The second-order valence-electron chi connectivity index (χ2n) is 6.42. The van der Waals surface area contributed by atoms with Crippen molar-refractivity contribution in [1.82, 2.24) is 9.97 Å². The van der Waals surface area contributed by atoms with Gasteiger partial charge in [0, 0.05) is 43.2 Å². The van der Waals surface area contributed by atoms with Crippen molar-refractivity contribution in [3.8, 4) is 0 Å². The highest BCUT2D eigenvalue weighted by molar-refractivity contribution is 7.90. The van der Waals surface area contributed by atoms with E-state index in [0.717, 1.165) is 30.0 Å². The Balaban J connectivity index is 1.57. The highest BCUT2D eigenvalue weighted by Gasteiger charge is 2.22. The molecule has 1 aliphatic rings. The van der Waals surface area contributed by atoms with Crippen LogP contribution in [0.5, 0.6) is 0 Å². The van der Waals surface area contributed by atoms with E-state index in [0.29, 0.717) is 17.0 Å². The number of fused-ring (bicyclic) bond motifs is 1. The molecule has 0 saturated carbocycles. The number of pyridine rings is 1. The van der Waals surface area contributed by atoms with E-state index in [1.807, 2.05) is 6.07 Å². The Morgan fingerprint density at radius 2 is 2.04 bits per heavy atom. The summed E-state index contributed by atoms with van der Waals surface area (Å²) in [4.78, 5) is 24.4. The summed E-state index contributed by atoms with van der Waals surface area (Å²) in [5, 5.41) is 0.784. The zero-order valence-electron chi connectivity index (χ0n) is 14.6. The minimum absolute atomic E-state index is 0.137. The highest BCUT2D eigenvalue weighted by Crippen LogP contribution is 2.29. The van der Waals surface area contributed by atoms with Crippen molar-refractivity contribution in [3.05, 3.63) is 70.5 Å². The zero-order chi connectivity index (χ0) is 19.0. The quantitative estimate of drug-likeness (QED) is 0.628. The second kappa shape index (κ2) is 6.86. The van der Waals surface area contributed by atoms with Gasteiger partial charge in [0.1, 0.15) is 0 Å². The molecular weight excluding hydrogens is 382 g/mol. The molecule has 0 bridgehead atoms. The monoisotopic (exact) mass is 399 g/mol. The number of thiazole rings is 1. The van der Waals surface area contributed by atoms with Gasteiger partial charge in [0.05, 0.1) is 16.0 Å². The smallest absolute Gasteiger partial charge is 0.204 e. The molecule has 0 saturated heterocycles. The number of hydrogen-bond acceptors (Lipinski definition) is 7. The van der Waals surface area contributed by atoms with Crippen LogP contribution in [0.2, 0.25) is 0 Å². The number of rotatable bonds is 4. The van der Waals surface area contributed by atoms with Gasteiger partial charge in [-0.05, 0) is 23.8 Å². The summed E-state index contributed by atoms with van der Waals surface area (Å²) in [7, 11) is -3.36. The van der Waals surface area contributed by atoms with E-state index in [4.69, 9.17) is 0 Å². The molecule has 3 aromatic rings. The van der Waals surface area contributed by atoms with Crippen molar-refractivity contribution in [3.63, 3.8) is 0 Å². The fourth-order valence-electron chi connectivity index (χ4n) is 3.06. The van der Waals surface area contributed by atoms with Crippen molar-refractivity contribution < 1.29 is 13.2 Å². The highest BCUT2D eigenvalue weighted by atomic mass is 32.2. The van der Waals surface area contributed by atoms with Gasteiger partial charge in [0.25, 0.3) is 0 Å². The Bertz CT molecular complexity index is 1120. The van der Waals surface area contributed by atoms with E-state index in [1.165, 1.54) is 29.0 Å². The molecule has 1 aliphatic heterocycles. The Morgan fingerprint density at radius 3 is 2.85 bits per heavy atom.